The Balaban J connectivity index is 1.87. The van der Waals surface area contributed by atoms with Crippen LogP contribution in [-0.4, -0.2) is 39.8 Å². The number of carbonyl (C=O) groups is 1. The second-order valence-electron chi connectivity index (χ2n) is 4.18. The van der Waals surface area contributed by atoms with Crippen LogP contribution in [0, 0.1) is 0 Å². The van der Waals surface area contributed by atoms with Gasteiger partial charge >= 0.3 is 0 Å². The Morgan fingerprint density at radius 1 is 1.47 bits per heavy atom. The van der Waals surface area contributed by atoms with Gasteiger partial charge in [-0.15, -0.1) is 10.2 Å². The quantitative estimate of drug-likeness (QED) is 0.836. The summed E-state index contributed by atoms with van der Waals surface area (Å²) in [6.07, 6.45) is 2.13. The molecule has 1 unspecified atom stereocenters. The predicted molar refractivity (Wildman–Crippen MR) is 70.8 cm³/mol. The molecule has 0 saturated heterocycles. The van der Waals surface area contributed by atoms with E-state index < -0.39 is 6.10 Å². The average molecular weight is 262 g/mol. The number of ether oxygens (including phenoxy) is 1. The number of nitrogens with zero attached hydrogens (tertiary/aromatic N) is 3. The Hall–Kier alpha value is -1.95. The minimum Gasteiger partial charge on any atom is -0.369 e. The van der Waals surface area contributed by atoms with Crippen LogP contribution in [-0.2, 0) is 16.0 Å². The first-order chi connectivity index (χ1) is 9.22. The summed E-state index contributed by atoms with van der Waals surface area (Å²) in [6, 6.07) is 5.74. The molecule has 0 aliphatic carbocycles. The molecule has 0 spiro atoms. The number of aromatic nitrogens is 3. The Morgan fingerprint density at radius 2 is 2.32 bits per heavy atom. The van der Waals surface area contributed by atoms with Crippen molar-refractivity contribution < 1.29 is 9.53 Å². The van der Waals surface area contributed by atoms with E-state index in [2.05, 4.69) is 15.5 Å². The van der Waals surface area contributed by atoms with Gasteiger partial charge in [0, 0.05) is 25.8 Å². The number of rotatable bonds is 6. The maximum Gasteiger partial charge on any atom is 0.248 e. The maximum atomic E-state index is 11.6. The highest BCUT2D eigenvalue weighted by molar-refractivity contribution is 5.80. The fourth-order valence-corrected chi connectivity index (χ4v) is 1.83. The van der Waals surface area contributed by atoms with Crippen molar-refractivity contribution >= 4 is 11.6 Å². The van der Waals surface area contributed by atoms with Crippen LogP contribution in [0.4, 0.5) is 0 Å². The molecule has 0 fully saturated rings. The second kappa shape index (κ2) is 6.29. The number of pyridine rings is 1. The minimum atomic E-state index is -0.417. The lowest BCUT2D eigenvalue weighted by molar-refractivity contribution is -0.131. The summed E-state index contributed by atoms with van der Waals surface area (Å²) in [5.41, 5.74) is 0.812. The van der Waals surface area contributed by atoms with Gasteiger partial charge < -0.3 is 10.1 Å². The SMILES string of the molecule is CCOC(C)C(=O)NCCc1nnc2ccccn12. The smallest absolute Gasteiger partial charge is 0.248 e. The van der Waals surface area contributed by atoms with Gasteiger partial charge in [-0.1, -0.05) is 6.07 Å². The highest BCUT2D eigenvalue weighted by Gasteiger charge is 2.12. The molecule has 0 aliphatic rings. The number of nitrogens with one attached hydrogen (secondary N) is 1. The largest absolute Gasteiger partial charge is 0.369 e. The molecule has 1 amide bonds. The summed E-state index contributed by atoms with van der Waals surface area (Å²) < 4.78 is 7.13. The van der Waals surface area contributed by atoms with Crippen molar-refractivity contribution in [3.8, 4) is 0 Å². The summed E-state index contributed by atoms with van der Waals surface area (Å²) in [5.74, 6) is 0.732. The van der Waals surface area contributed by atoms with Gasteiger partial charge in [0.05, 0.1) is 0 Å². The third kappa shape index (κ3) is 3.29. The van der Waals surface area contributed by atoms with Crippen LogP contribution < -0.4 is 5.32 Å². The summed E-state index contributed by atoms with van der Waals surface area (Å²) in [6.45, 7) is 4.66. The monoisotopic (exact) mass is 262 g/mol. The third-order valence-electron chi connectivity index (χ3n) is 2.82. The fraction of sp³-hybridized carbons (Fsp3) is 0.462. The molecule has 19 heavy (non-hydrogen) atoms. The first kappa shape index (κ1) is 13.5. The van der Waals surface area contributed by atoms with E-state index in [-0.39, 0.29) is 5.91 Å². The van der Waals surface area contributed by atoms with Crippen LogP contribution in [0.5, 0.6) is 0 Å². The molecule has 0 aromatic carbocycles. The van der Waals surface area contributed by atoms with E-state index in [4.69, 9.17) is 4.74 Å². The molecule has 6 nitrogen and oxygen atoms in total. The molecular weight excluding hydrogens is 244 g/mol. The third-order valence-corrected chi connectivity index (χ3v) is 2.82. The van der Waals surface area contributed by atoms with E-state index in [1.807, 2.05) is 35.7 Å². The lowest BCUT2D eigenvalue weighted by atomic mass is 10.3. The van der Waals surface area contributed by atoms with Gasteiger partial charge in [0.25, 0.3) is 0 Å². The number of fused-ring (bicyclic) bond motifs is 1. The lowest BCUT2D eigenvalue weighted by Crippen LogP contribution is -2.35. The van der Waals surface area contributed by atoms with Gasteiger partial charge in [-0.2, -0.15) is 0 Å². The van der Waals surface area contributed by atoms with Gasteiger partial charge in [0.15, 0.2) is 5.65 Å². The minimum absolute atomic E-state index is 0.101. The first-order valence-corrected chi connectivity index (χ1v) is 6.40. The number of carbonyl (C=O) groups excluding carboxylic acids is 1. The molecule has 0 bridgehead atoms. The van der Waals surface area contributed by atoms with Gasteiger partial charge in [-0.05, 0) is 26.0 Å². The van der Waals surface area contributed by atoms with E-state index in [9.17, 15) is 4.79 Å². The molecule has 2 rings (SSSR count). The number of amides is 1. The maximum absolute atomic E-state index is 11.6. The van der Waals surface area contributed by atoms with Crippen molar-refractivity contribution in [3.63, 3.8) is 0 Å². The standard InChI is InChI=1S/C13H18N4O2/c1-3-19-10(2)13(18)14-8-7-12-16-15-11-6-4-5-9-17(11)12/h4-6,9-10H,3,7-8H2,1-2H3,(H,14,18). The average Bonchev–Trinajstić information content (AvgIpc) is 2.82. The lowest BCUT2D eigenvalue weighted by Gasteiger charge is -2.11. The van der Waals surface area contributed by atoms with Crippen LogP contribution in [0.3, 0.4) is 0 Å². The molecule has 2 aromatic heterocycles. The van der Waals surface area contributed by atoms with E-state index in [0.717, 1.165) is 11.5 Å². The van der Waals surface area contributed by atoms with Crippen LogP contribution in [0.1, 0.15) is 19.7 Å². The van der Waals surface area contributed by atoms with Crippen molar-refractivity contribution in [2.45, 2.75) is 26.4 Å². The summed E-state index contributed by atoms with van der Waals surface area (Å²) in [4.78, 5) is 11.6. The molecular formula is C13H18N4O2. The topological polar surface area (TPSA) is 68.5 Å². The summed E-state index contributed by atoms with van der Waals surface area (Å²) in [5, 5.41) is 11.0. The Bertz CT molecular complexity index is 552. The van der Waals surface area contributed by atoms with Crippen LogP contribution in [0.15, 0.2) is 24.4 Å². The molecule has 1 N–H and O–H groups in total. The van der Waals surface area contributed by atoms with Crippen molar-refractivity contribution in [1.29, 1.82) is 0 Å². The summed E-state index contributed by atoms with van der Waals surface area (Å²) in [7, 11) is 0. The zero-order chi connectivity index (χ0) is 13.7. The van der Waals surface area contributed by atoms with Gasteiger partial charge in [-0.25, -0.2) is 0 Å². The molecule has 2 aromatic rings. The van der Waals surface area contributed by atoms with Crippen molar-refractivity contribution in [2.24, 2.45) is 0 Å². The first-order valence-electron chi connectivity index (χ1n) is 6.40. The van der Waals surface area contributed by atoms with Crippen molar-refractivity contribution in [2.75, 3.05) is 13.2 Å². The van der Waals surface area contributed by atoms with Crippen LogP contribution in [0.2, 0.25) is 0 Å². The van der Waals surface area contributed by atoms with Crippen LogP contribution >= 0.6 is 0 Å². The van der Waals surface area contributed by atoms with Gasteiger partial charge in [-0.3, -0.25) is 9.20 Å². The highest BCUT2D eigenvalue weighted by Crippen LogP contribution is 2.02. The fourth-order valence-electron chi connectivity index (χ4n) is 1.83. The molecule has 1 atom stereocenters. The predicted octanol–water partition coefficient (Wildman–Crippen LogP) is 0.813. The Labute approximate surface area is 111 Å². The Kier molecular flexibility index (Phi) is 4.46. The zero-order valence-corrected chi connectivity index (χ0v) is 11.2. The highest BCUT2D eigenvalue weighted by atomic mass is 16.5. The second-order valence-corrected chi connectivity index (χ2v) is 4.18. The molecule has 102 valence electrons. The molecule has 6 heteroatoms. The van der Waals surface area contributed by atoms with Crippen molar-refractivity contribution in [1.82, 2.24) is 19.9 Å². The van der Waals surface area contributed by atoms with E-state index in [1.165, 1.54) is 0 Å². The molecule has 0 aliphatic heterocycles. The molecule has 0 radical (unpaired) electrons. The van der Waals surface area contributed by atoms with Gasteiger partial charge in [0.1, 0.15) is 11.9 Å². The molecule has 0 saturated carbocycles. The number of hydrogen-bond donors (Lipinski definition) is 1. The van der Waals surface area contributed by atoms with E-state index in [1.54, 1.807) is 6.92 Å². The van der Waals surface area contributed by atoms with Crippen molar-refractivity contribution in [3.05, 3.63) is 30.2 Å². The normalized spacial score (nSPS) is 12.5. The van der Waals surface area contributed by atoms with E-state index in [0.29, 0.717) is 19.6 Å². The van der Waals surface area contributed by atoms with Gasteiger partial charge in [0.2, 0.25) is 5.91 Å². The Morgan fingerprint density at radius 3 is 3.11 bits per heavy atom. The summed E-state index contributed by atoms with van der Waals surface area (Å²) >= 11 is 0. The van der Waals surface area contributed by atoms with E-state index >= 15 is 0 Å². The molecule has 2 heterocycles. The van der Waals surface area contributed by atoms with Crippen LogP contribution in [0.25, 0.3) is 5.65 Å². The number of hydrogen-bond acceptors (Lipinski definition) is 4. The zero-order valence-electron chi connectivity index (χ0n) is 11.2.